The number of anilines is 1. The van der Waals surface area contributed by atoms with Crippen molar-refractivity contribution in [3.63, 3.8) is 0 Å². The Labute approximate surface area is 113 Å². The van der Waals surface area contributed by atoms with Crippen LogP contribution in [0.1, 0.15) is 31.4 Å². The molecule has 1 N–H and O–H groups in total. The lowest BCUT2D eigenvalue weighted by molar-refractivity contribution is -0.141. The van der Waals surface area contributed by atoms with Gasteiger partial charge in [-0.05, 0) is 18.9 Å². The molecule has 0 radical (unpaired) electrons. The number of alkyl halides is 3. The smallest absolute Gasteiger partial charge is 0.433 e. The molecule has 0 aromatic carbocycles. The summed E-state index contributed by atoms with van der Waals surface area (Å²) in [5.41, 5.74) is -1.06. The van der Waals surface area contributed by atoms with Gasteiger partial charge in [-0.3, -0.25) is 0 Å². The Kier molecular flexibility index (Phi) is 4.10. The van der Waals surface area contributed by atoms with Gasteiger partial charge in [0.2, 0.25) is 5.95 Å². The fraction of sp³-hybridized carbons (Fsp3) is 0.583. The lowest BCUT2D eigenvalue weighted by atomic mass is 10.1. The van der Waals surface area contributed by atoms with Crippen molar-refractivity contribution >= 4 is 11.9 Å². The molecular formula is C12H14F3N3O2. The van der Waals surface area contributed by atoms with E-state index in [9.17, 15) is 23.1 Å². The van der Waals surface area contributed by atoms with Gasteiger partial charge in [0.15, 0.2) is 0 Å². The summed E-state index contributed by atoms with van der Waals surface area (Å²) in [6, 6.07) is -0.0992. The molecular weight excluding hydrogens is 275 g/mol. The van der Waals surface area contributed by atoms with Crippen LogP contribution in [-0.2, 0) is 11.0 Å². The van der Waals surface area contributed by atoms with Crippen molar-refractivity contribution in [3.8, 4) is 0 Å². The van der Waals surface area contributed by atoms with Crippen molar-refractivity contribution in [2.45, 2.75) is 37.9 Å². The van der Waals surface area contributed by atoms with E-state index in [0.717, 1.165) is 25.1 Å². The first-order valence-electron chi connectivity index (χ1n) is 6.29. The average molecular weight is 289 g/mol. The molecule has 8 heteroatoms. The average Bonchev–Trinajstić information content (AvgIpc) is 2.63. The maximum Gasteiger partial charge on any atom is 0.433 e. The highest BCUT2D eigenvalue weighted by atomic mass is 19.4. The summed E-state index contributed by atoms with van der Waals surface area (Å²) in [7, 11) is 0. The van der Waals surface area contributed by atoms with Crippen molar-refractivity contribution < 1.29 is 23.1 Å². The molecule has 1 aromatic heterocycles. The molecule has 1 fully saturated rings. The first kappa shape index (κ1) is 14.5. The van der Waals surface area contributed by atoms with Gasteiger partial charge in [0.25, 0.3) is 0 Å². The number of nitrogens with zero attached hydrogens (tertiary/aromatic N) is 3. The van der Waals surface area contributed by atoms with Gasteiger partial charge >= 0.3 is 12.1 Å². The van der Waals surface area contributed by atoms with Crippen molar-refractivity contribution in [3.05, 3.63) is 18.0 Å². The van der Waals surface area contributed by atoms with E-state index < -0.39 is 23.9 Å². The maximum atomic E-state index is 12.6. The molecule has 1 aliphatic rings. The topological polar surface area (TPSA) is 66.3 Å². The Morgan fingerprint density at radius 1 is 1.35 bits per heavy atom. The molecule has 5 nitrogen and oxygen atoms in total. The summed E-state index contributed by atoms with van der Waals surface area (Å²) < 4.78 is 37.9. The lowest BCUT2D eigenvalue weighted by Gasteiger charge is -2.27. The maximum absolute atomic E-state index is 12.6. The van der Waals surface area contributed by atoms with Crippen LogP contribution >= 0.6 is 0 Å². The third-order valence-electron chi connectivity index (χ3n) is 3.23. The third kappa shape index (κ3) is 3.17. The monoisotopic (exact) mass is 289 g/mol. The van der Waals surface area contributed by atoms with Gasteiger partial charge in [-0.1, -0.05) is 12.8 Å². The van der Waals surface area contributed by atoms with Crippen molar-refractivity contribution in [1.29, 1.82) is 0 Å². The summed E-state index contributed by atoms with van der Waals surface area (Å²) in [4.78, 5) is 19.9. The minimum absolute atomic E-state index is 0.172. The SMILES string of the molecule is O=C(O)C1CCCCCN1c1nccc(C(F)(F)F)n1. The molecule has 1 aliphatic heterocycles. The van der Waals surface area contributed by atoms with Crippen LogP contribution in [0.2, 0.25) is 0 Å². The number of aliphatic carboxylic acids is 1. The zero-order valence-electron chi connectivity index (χ0n) is 10.6. The fourth-order valence-corrected chi connectivity index (χ4v) is 2.25. The number of hydrogen-bond acceptors (Lipinski definition) is 4. The van der Waals surface area contributed by atoms with E-state index in [1.807, 2.05) is 0 Å². The molecule has 0 aliphatic carbocycles. The summed E-state index contributed by atoms with van der Waals surface area (Å²) in [6.07, 6.45) is -0.888. The van der Waals surface area contributed by atoms with Crippen molar-refractivity contribution in [2.75, 3.05) is 11.4 Å². The Morgan fingerprint density at radius 2 is 2.10 bits per heavy atom. The van der Waals surface area contributed by atoms with Crippen LogP contribution in [0.4, 0.5) is 19.1 Å². The standard InChI is InChI=1S/C12H14F3N3O2/c13-12(14,15)9-5-6-16-11(17-9)18-7-3-1-2-4-8(18)10(19)20/h5-6,8H,1-4,7H2,(H,19,20). The molecule has 1 atom stereocenters. The molecule has 1 unspecified atom stereocenters. The zero-order valence-corrected chi connectivity index (χ0v) is 10.6. The Balaban J connectivity index is 2.34. The predicted molar refractivity (Wildman–Crippen MR) is 64.3 cm³/mol. The molecule has 1 saturated heterocycles. The number of carbonyl (C=O) groups is 1. The molecule has 1 aromatic rings. The van der Waals surface area contributed by atoms with Crippen LogP contribution in [0, 0.1) is 0 Å². The van der Waals surface area contributed by atoms with Gasteiger partial charge in [0.05, 0.1) is 0 Å². The number of aromatic nitrogens is 2. The molecule has 0 spiro atoms. The van der Waals surface area contributed by atoms with E-state index in [-0.39, 0.29) is 5.95 Å². The second-order valence-corrected chi connectivity index (χ2v) is 4.64. The second kappa shape index (κ2) is 5.64. The summed E-state index contributed by atoms with van der Waals surface area (Å²) in [5, 5.41) is 9.20. The summed E-state index contributed by atoms with van der Waals surface area (Å²) >= 11 is 0. The molecule has 2 rings (SSSR count). The first-order valence-corrected chi connectivity index (χ1v) is 6.29. The van der Waals surface area contributed by atoms with Crippen LogP contribution in [-0.4, -0.2) is 33.6 Å². The highest BCUT2D eigenvalue weighted by Gasteiger charge is 2.35. The molecule has 0 amide bonds. The quantitative estimate of drug-likeness (QED) is 0.905. The van der Waals surface area contributed by atoms with Gasteiger partial charge in [-0.2, -0.15) is 13.2 Å². The molecule has 20 heavy (non-hydrogen) atoms. The molecule has 110 valence electrons. The van der Waals surface area contributed by atoms with Gasteiger partial charge in [0, 0.05) is 12.7 Å². The molecule has 2 heterocycles. The summed E-state index contributed by atoms with van der Waals surface area (Å²) in [6.45, 7) is 0.346. The van der Waals surface area contributed by atoms with Gasteiger partial charge in [-0.25, -0.2) is 14.8 Å². The zero-order chi connectivity index (χ0) is 14.8. The van der Waals surface area contributed by atoms with E-state index >= 15 is 0 Å². The van der Waals surface area contributed by atoms with Crippen LogP contribution in [0.5, 0.6) is 0 Å². The first-order chi connectivity index (χ1) is 9.39. The Hall–Kier alpha value is -1.86. The van der Waals surface area contributed by atoms with Crippen LogP contribution in [0.15, 0.2) is 12.3 Å². The van der Waals surface area contributed by atoms with Gasteiger partial charge in [0.1, 0.15) is 11.7 Å². The number of halogens is 3. The van der Waals surface area contributed by atoms with E-state index in [0.29, 0.717) is 19.4 Å². The Bertz CT molecular complexity index is 493. The van der Waals surface area contributed by atoms with Crippen LogP contribution in [0.25, 0.3) is 0 Å². The van der Waals surface area contributed by atoms with E-state index in [1.54, 1.807) is 0 Å². The van der Waals surface area contributed by atoms with Crippen LogP contribution < -0.4 is 4.90 Å². The third-order valence-corrected chi connectivity index (χ3v) is 3.23. The number of hydrogen-bond donors (Lipinski definition) is 1. The highest BCUT2D eigenvalue weighted by Crippen LogP contribution is 2.29. The van der Waals surface area contributed by atoms with Crippen molar-refractivity contribution in [2.24, 2.45) is 0 Å². The number of carboxylic acid groups (broad SMARTS) is 1. The number of carboxylic acids is 1. The normalized spacial score (nSPS) is 20.6. The Morgan fingerprint density at radius 3 is 2.75 bits per heavy atom. The highest BCUT2D eigenvalue weighted by molar-refractivity contribution is 5.77. The minimum atomic E-state index is -4.57. The van der Waals surface area contributed by atoms with Gasteiger partial charge < -0.3 is 10.0 Å². The largest absolute Gasteiger partial charge is 0.480 e. The lowest BCUT2D eigenvalue weighted by Crippen LogP contribution is -2.42. The predicted octanol–water partition coefficient (Wildman–Crippen LogP) is 2.33. The number of rotatable bonds is 2. The van der Waals surface area contributed by atoms with Gasteiger partial charge in [-0.15, -0.1) is 0 Å². The van der Waals surface area contributed by atoms with Crippen LogP contribution in [0.3, 0.4) is 0 Å². The minimum Gasteiger partial charge on any atom is -0.480 e. The molecule has 0 bridgehead atoms. The van der Waals surface area contributed by atoms with E-state index in [2.05, 4.69) is 9.97 Å². The fourth-order valence-electron chi connectivity index (χ4n) is 2.25. The second-order valence-electron chi connectivity index (χ2n) is 4.64. The van der Waals surface area contributed by atoms with E-state index in [1.165, 1.54) is 4.90 Å². The summed E-state index contributed by atoms with van der Waals surface area (Å²) in [5.74, 6) is -1.23. The molecule has 0 saturated carbocycles. The van der Waals surface area contributed by atoms with E-state index in [4.69, 9.17) is 0 Å². The van der Waals surface area contributed by atoms with Crippen molar-refractivity contribution in [1.82, 2.24) is 9.97 Å².